The minimum absolute atomic E-state index is 0.0911. The van der Waals surface area contributed by atoms with Crippen molar-refractivity contribution < 1.29 is 14.6 Å². The van der Waals surface area contributed by atoms with Crippen LogP contribution in [0.5, 0.6) is 0 Å². The number of hydrogen-bond acceptors (Lipinski definition) is 3. The van der Waals surface area contributed by atoms with Gasteiger partial charge in [0.15, 0.2) is 0 Å². The van der Waals surface area contributed by atoms with E-state index >= 15 is 0 Å². The van der Waals surface area contributed by atoms with Crippen LogP contribution in [0.1, 0.15) is 80.1 Å². The topological polar surface area (TPSA) is 46.5 Å². The number of ether oxygens (including phenoxy) is 1. The summed E-state index contributed by atoms with van der Waals surface area (Å²) in [7, 11) is 0. The van der Waals surface area contributed by atoms with Crippen molar-refractivity contribution in [2.45, 2.75) is 96.1 Å². The first-order chi connectivity index (χ1) is 11.8. The van der Waals surface area contributed by atoms with Gasteiger partial charge in [-0.05, 0) is 81.1 Å². The van der Waals surface area contributed by atoms with Gasteiger partial charge < -0.3 is 9.84 Å². The van der Waals surface area contributed by atoms with Gasteiger partial charge in [0.2, 0.25) is 0 Å². The van der Waals surface area contributed by atoms with Gasteiger partial charge in [0, 0.05) is 11.8 Å². The Kier molecular flexibility index (Phi) is 6.11. The molecule has 2 fully saturated rings. The third-order valence-electron chi connectivity index (χ3n) is 7.66. The Hall–Kier alpha value is -0.350. The Bertz CT molecular complexity index is 556. The summed E-state index contributed by atoms with van der Waals surface area (Å²) in [4.78, 5) is 12.0. The van der Waals surface area contributed by atoms with Gasteiger partial charge in [-0.25, -0.2) is 0 Å². The van der Waals surface area contributed by atoms with Crippen LogP contribution >= 0.6 is 15.9 Å². The van der Waals surface area contributed by atoms with E-state index in [1.165, 1.54) is 6.92 Å². The predicted octanol–water partition coefficient (Wildman–Crippen LogP) is 5.64. The predicted molar refractivity (Wildman–Crippen MR) is 110 cm³/mol. The van der Waals surface area contributed by atoms with Gasteiger partial charge in [-0.15, -0.1) is 0 Å². The van der Waals surface area contributed by atoms with Gasteiger partial charge >= 0.3 is 5.97 Å². The summed E-state index contributed by atoms with van der Waals surface area (Å²) in [5, 5.41) is 11.3. The molecule has 1 N–H and O–H groups in total. The zero-order valence-electron chi connectivity index (χ0n) is 17.4. The lowest BCUT2D eigenvalue weighted by Gasteiger charge is -2.62. The number of aliphatic hydroxyl groups is 1. The molecule has 2 saturated carbocycles. The Morgan fingerprint density at radius 3 is 2.46 bits per heavy atom. The maximum Gasteiger partial charge on any atom is 0.303 e. The van der Waals surface area contributed by atoms with Gasteiger partial charge in [-0.3, -0.25) is 4.79 Å². The fourth-order valence-electron chi connectivity index (χ4n) is 6.09. The van der Waals surface area contributed by atoms with Gasteiger partial charge in [0.05, 0.1) is 5.60 Å². The van der Waals surface area contributed by atoms with Crippen LogP contribution in [-0.2, 0) is 9.53 Å². The first-order valence-corrected chi connectivity index (χ1v) is 10.9. The van der Waals surface area contributed by atoms with Crippen LogP contribution < -0.4 is 0 Å². The van der Waals surface area contributed by atoms with Crippen LogP contribution in [0.2, 0.25) is 0 Å². The molecule has 0 radical (unpaired) electrons. The monoisotopic (exact) mass is 428 g/mol. The third kappa shape index (κ3) is 3.92. The first-order valence-electron chi connectivity index (χ1n) is 9.98. The molecule has 26 heavy (non-hydrogen) atoms. The lowest BCUT2D eigenvalue weighted by atomic mass is 9.45. The number of rotatable bonds is 5. The van der Waals surface area contributed by atoms with Crippen LogP contribution in [0.15, 0.2) is 12.7 Å². The molecule has 0 aliphatic heterocycles. The summed E-state index contributed by atoms with van der Waals surface area (Å²) in [6.07, 6.45) is 7.41. The number of carbonyl (C=O) groups excluding carboxylic acids is 1. The lowest BCUT2D eigenvalue weighted by molar-refractivity contribution is -0.172. The summed E-state index contributed by atoms with van der Waals surface area (Å²) >= 11 is 3.92. The number of hydrogen-bond donors (Lipinski definition) is 1. The second-order valence-electron chi connectivity index (χ2n) is 9.98. The lowest BCUT2D eigenvalue weighted by Crippen LogP contribution is -2.60. The van der Waals surface area contributed by atoms with Crippen LogP contribution in [-0.4, -0.2) is 27.1 Å². The standard InChI is InChI=1S/C22H37BrO3/c1-8-20(5,26-15(2)24)12-9-17-21(6)13-11-18(23)19(3,4)16(21)10-14-22(17,7)25/h8,16-18,25H,1,9-14H2,2-7H3/t16-,17-,18-,20+,21-,22-/m1/s1. The minimum atomic E-state index is -0.682. The third-order valence-corrected chi connectivity index (χ3v) is 9.30. The van der Waals surface area contributed by atoms with Gasteiger partial charge in [-0.2, -0.15) is 0 Å². The maximum atomic E-state index is 11.5. The van der Waals surface area contributed by atoms with Crippen molar-refractivity contribution in [3.05, 3.63) is 12.7 Å². The summed E-state index contributed by atoms with van der Waals surface area (Å²) in [5.74, 6) is 0.470. The van der Waals surface area contributed by atoms with Crippen LogP contribution in [0.4, 0.5) is 0 Å². The van der Waals surface area contributed by atoms with E-state index in [-0.39, 0.29) is 22.7 Å². The zero-order valence-corrected chi connectivity index (χ0v) is 19.0. The van der Waals surface area contributed by atoms with Crippen LogP contribution in [0.25, 0.3) is 0 Å². The van der Waals surface area contributed by atoms with Crippen molar-refractivity contribution in [3.8, 4) is 0 Å². The van der Waals surface area contributed by atoms with Crippen molar-refractivity contribution in [2.24, 2.45) is 22.7 Å². The number of carbonyl (C=O) groups is 1. The largest absolute Gasteiger partial charge is 0.455 e. The maximum absolute atomic E-state index is 11.5. The molecule has 0 spiro atoms. The van der Waals surface area contributed by atoms with E-state index in [1.54, 1.807) is 6.08 Å². The molecule has 6 atom stereocenters. The quantitative estimate of drug-likeness (QED) is 0.349. The molecule has 2 rings (SSSR count). The highest BCUT2D eigenvalue weighted by atomic mass is 79.9. The van der Waals surface area contributed by atoms with E-state index in [1.807, 2.05) is 13.8 Å². The van der Waals surface area contributed by atoms with E-state index in [0.29, 0.717) is 17.2 Å². The van der Waals surface area contributed by atoms with E-state index < -0.39 is 11.2 Å². The molecule has 0 aromatic rings. The molecule has 0 amide bonds. The molecule has 2 aliphatic rings. The highest BCUT2D eigenvalue weighted by Crippen LogP contribution is 2.64. The molecule has 0 unspecified atom stereocenters. The summed E-state index contributed by atoms with van der Waals surface area (Å²) < 4.78 is 5.53. The van der Waals surface area contributed by atoms with Crippen molar-refractivity contribution >= 4 is 21.9 Å². The summed E-state index contributed by atoms with van der Waals surface area (Å²) in [6, 6.07) is 0. The Morgan fingerprint density at radius 1 is 1.31 bits per heavy atom. The van der Waals surface area contributed by atoms with Crippen molar-refractivity contribution in [3.63, 3.8) is 0 Å². The van der Waals surface area contributed by atoms with Crippen LogP contribution in [0, 0.1) is 22.7 Å². The highest BCUT2D eigenvalue weighted by molar-refractivity contribution is 9.09. The SMILES string of the molecule is C=C[C@@](C)(CC[C@@H]1[C@]2(C)CC[C@@H](Br)C(C)(C)[C@H]2CC[C@@]1(C)O)OC(C)=O. The number of halogens is 1. The van der Waals surface area contributed by atoms with Gasteiger partial charge in [-0.1, -0.05) is 43.3 Å². The summed E-state index contributed by atoms with van der Waals surface area (Å²) in [6.45, 7) is 16.4. The fourth-order valence-corrected chi connectivity index (χ4v) is 6.63. The Labute approximate surface area is 168 Å². The molecular formula is C22H37BrO3. The molecule has 0 aromatic carbocycles. The average Bonchev–Trinajstić information content (AvgIpc) is 2.49. The Balaban J connectivity index is 2.29. The van der Waals surface area contributed by atoms with Crippen molar-refractivity contribution in [1.29, 1.82) is 0 Å². The summed E-state index contributed by atoms with van der Waals surface area (Å²) in [5.41, 5.74) is -1.06. The average molecular weight is 429 g/mol. The molecule has 4 heteroatoms. The van der Waals surface area contributed by atoms with E-state index in [4.69, 9.17) is 4.74 Å². The van der Waals surface area contributed by atoms with Gasteiger partial charge in [0.25, 0.3) is 0 Å². The Morgan fingerprint density at radius 2 is 1.92 bits per heavy atom. The number of esters is 1. The smallest absolute Gasteiger partial charge is 0.303 e. The van der Waals surface area contributed by atoms with E-state index in [0.717, 1.165) is 32.1 Å². The first kappa shape index (κ1) is 21.9. The number of fused-ring (bicyclic) bond motifs is 1. The molecule has 0 saturated heterocycles. The van der Waals surface area contributed by atoms with Gasteiger partial charge in [0.1, 0.15) is 5.60 Å². The highest BCUT2D eigenvalue weighted by Gasteiger charge is 2.59. The molecule has 0 aromatic heterocycles. The molecule has 0 bridgehead atoms. The number of alkyl halides is 1. The van der Waals surface area contributed by atoms with Crippen molar-refractivity contribution in [1.82, 2.24) is 0 Å². The normalized spacial score (nSPS) is 41.6. The van der Waals surface area contributed by atoms with E-state index in [2.05, 4.69) is 43.3 Å². The van der Waals surface area contributed by atoms with Crippen LogP contribution in [0.3, 0.4) is 0 Å². The molecule has 150 valence electrons. The van der Waals surface area contributed by atoms with E-state index in [9.17, 15) is 9.90 Å². The van der Waals surface area contributed by atoms with Crippen molar-refractivity contribution in [2.75, 3.05) is 0 Å². The zero-order chi connectivity index (χ0) is 20.0. The second kappa shape index (κ2) is 7.24. The molecule has 0 heterocycles. The molecule has 3 nitrogen and oxygen atoms in total. The molecule has 2 aliphatic carbocycles. The second-order valence-corrected chi connectivity index (χ2v) is 11.1. The molecular weight excluding hydrogens is 392 g/mol. The fraction of sp³-hybridized carbons (Fsp3) is 0.864. The minimum Gasteiger partial charge on any atom is -0.455 e.